The van der Waals surface area contributed by atoms with Crippen LogP contribution in [0.1, 0.15) is 52.5 Å². The summed E-state index contributed by atoms with van der Waals surface area (Å²) in [5.74, 6) is 0.911. The van der Waals surface area contributed by atoms with Gasteiger partial charge in [0.2, 0.25) is 6.79 Å². The van der Waals surface area contributed by atoms with Gasteiger partial charge in [-0.1, -0.05) is 24.3 Å². The topological polar surface area (TPSA) is 126 Å². The molecule has 0 spiro atoms. The average Bonchev–Trinajstić information content (AvgIpc) is 3.50. The van der Waals surface area contributed by atoms with Crippen LogP contribution in [0.5, 0.6) is 11.5 Å². The van der Waals surface area contributed by atoms with Crippen LogP contribution in [-0.2, 0) is 22.5 Å². The molecule has 0 saturated heterocycles. The van der Waals surface area contributed by atoms with Crippen molar-refractivity contribution in [2.45, 2.75) is 32.8 Å². The second-order valence-electron chi connectivity index (χ2n) is 10.7. The highest BCUT2D eigenvalue weighted by atomic mass is 16.7. The summed E-state index contributed by atoms with van der Waals surface area (Å²) in [5, 5.41) is 3.87. The molecule has 1 N–H and O–H groups in total. The molecule has 10 heteroatoms. The zero-order chi connectivity index (χ0) is 30.9. The number of aromatic nitrogens is 1. The van der Waals surface area contributed by atoms with Crippen LogP contribution in [0, 0.1) is 0 Å². The number of carbonyl (C=O) groups excluding carboxylic acids is 2. The SMILES string of the molecule is CCOC(=O)Nc1ccc2c(COC(=O)c3c4c(nc5ccccc35)/C(=C\c3ccc5c(c3)OCO5)CCC4)cc(=O)oc2c1. The molecule has 1 aliphatic heterocycles. The molecule has 3 aromatic carbocycles. The number of amides is 1. The second kappa shape index (κ2) is 11.8. The van der Waals surface area contributed by atoms with E-state index in [1.54, 1.807) is 19.1 Å². The number of hydrogen-bond acceptors (Lipinski definition) is 9. The number of nitrogens with zero attached hydrogens (tertiary/aromatic N) is 1. The quantitative estimate of drug-likeness (QED) is 0.163. The Hall–Kier alpha value is -5.64. The van der Waals surface area contributed by atoms with Crippen molar-refractivity contribution in [2.75, 3.05) is 18.7 Å². The van der Waals surface area contributed by atoms with Crippen molar-refractivity contribution in [2.24, 2.45) is 0 Å². The third kappa shape index (κ3) is 5.58. The molecular formula is C35H28N2O8. The van der Waals surface area contributed by atoms with E-state index in [2.05, 4.69) is 11.4 Å². The normalized spacial score (nSPS) is 14.4. The molecule has 1 amide bonds. The van der Waals surface area contributed by atoms with Gasteiger partial charge in [-0.25, -0.2) is 19.4 Å². The van der Waals surface area contributed by atoms with Gasteiger partial charge in [0.25, 0.3) is 0 Å². The largest absolute Gasteiger partial charge is 0.457 e. The predicted molar refractivity (Wildman–Crippen MR) is 167 cm³/mol. The lowest BCUT2D eigenvalue weighted by molar-refractivity contribution is 0.0474. The van der Waals surface area contributed by atoms with E-state index in [9.17, 15) is 14.4 Å². The minimum absolute atomic E-state index is 0.156. The van der Waals surface area contributed by atoms with Gasteiger partial charge < -0.3 is 23.4 Å². The highest BCUT2D eigenvalue weighted by Gasteiger charge is 2.26. The minimum atomic E-state index is -0.619. The van der Waals surface area contributed by atoms with Crippen molar-refractivity contribution >= 4 is 51.3 Å². The summed E-state index contributed by atoms with van der Waals surface area (Å²) in [7, 11) is 0. The van der Waals surface area contributed by atoms with Crippen LogP contribution in [0.25, 0.3) is 33.5 Å². The monoisotopic (exact) mass is 604 g/mol. The second-order valence-corrected chi connectivity index (χ2v) is 10.7. The van der Waals surface area contributed by atoms with Gasteiger partial charge in [0.1, 0.15) is 12.2 Å². The molecule has 0 saturated carbocycles. The summed E-state index contributed by atoms with van der Waals surface area (Å²) in [6.07, 6.45) is 3.78. The number of benzene rings is 3. The van der Waals surface area contributed by atoms with Crippen molar-refractivity contribution in [3.05, 3.63) is 105 Å². The van der Waals surface area contributed by atoms with Crippen LogP contribution in [0.2, 0.25) is 0 Å². The Balaban J connectivity index is 1.22. The summed E-state index contributed by atoms with van der Waals surface area (Å²) in [4.78, 5) is 43.2. The van der Waals surface area contributed by atoms with Crippen molar-refractivity contribution in [3.63, 3.8) is 0 Å². The van der Waals surface area contributed by atoms with Crippen molar-refractivity contribution in [1.29, 1.82) is 0 Å². The fourth-order valence-corrected chi connectivity index (χ4v) is 5.84. The van der Waals surface area contributed by atoms with Crippen LogP contribution in [0.15, 0.2) is 75.9 Å². The van der Waals surface area contributed by atoms with Gasteiger partial charge >= 0.3 is 17.7 Å². The number of fused-ring (bicyclic) bond motifs is 4. The number of rotatable bonds is 6. The first-order chi connectivity index (χ1) is 22.0. The number of para-hydroxylation sites is 1. The lowest BCUT2D eigenvalue weighted by atomic mass is 9.86. The first-order valence-electron chi connectivity index (χ1n) is 14.7. The maximum Gasteiger partial charge on any atom is 0.411 e. The van der Waals surface area contributed by atoms with Gasteiger partial charge in [-0.2, -0.15) is 0 Å². The van der Waals surface area contributed by atoms with E-state index >= 15 is 0 Å². The van der Waals surface area contributed by atoms with Gasteiger partial charge in [0.15, 0.2) is 11.5 Å². The molecule has 0 fully saturated rings. The molecule has 1 aliphatic carbocycles. The molecule has 2 aliphatic rings. The lowest BCUT2D eigenvalue weighted by Crippen LogP contribution is -2.16. The smallest absolute Gasteiger partial charge is 0.411 e. The molecular weight excluding hydrogens is 576 g/mol. The Morgan fingerprint density at radius 3 is 2.71 bits per heavy atom. The molecule has 45 heavy (non-hydrogen) atoms. The fraction of sp³-hybridized carbons (Fsp3) is 0.200. The molecule has 3 heterocycles. The number of carbonyl (C=O) groups is 2. The van der Waals surface area contributed by atoms with E-state index < -0.39 is 17.7 Å². The van der Waals surface area contributed by atoms with Crippen LogP contribution >= 0.6 is 0 Å². The van der Waals surface area contributed by atoms with E-state index in [0.29, 0.717) is 51.0 Å². The van der Waals surface area contributed by atoms with Gasteiger partial charge in [0, 0.05) is 34.2 Å². The van der Waals surface area contributed by atoms with Gasteiger partial charge in [0.05, 0.1) is 23.4 Å². The van der Waals surface area contributed by atoms with Gasteiger partial charge in [-0.15, -0.1) is 0 Å². The first-order valence-corrected chi connectivity index (χ1v) is 14.7. The minimum Gasteiger partial charge on any atom is -0.457 e. The third-order valence-electron chi connectivity index (χ3n) is 7.82. The summed E-state index contributed by atoms with van der Waals surface area (Å²) in [6, 6.07) is 19.5. The maximum absolute atomic E-state index is 13.9. The number of allylic oxidation sites excluding steroid dienone is 1. The maximum atomic E-state index is 13.9. The third-order valence-corrected chi connectivity index (χ3v) is 7.82. The molecule has 10 nitrogen and oxygen atoms in total. The number of anilines is 1. The molecule has 2 aromatic heterocycles. The molecule has 0 unspecified atom stereocenters. The van der Waals surface area contributed by atoms with E-state index in [0.717, 1.165) is 35.2 Å². The van der Waals surface area contributed by atoms with E-state index in [1.165, 1.54) is 12.1 Å². The van der Waals surface area contributed by atoms with Crippen LogP contribution < -0.4 is 20.4 Å². The van der Waals surface area contributed by atoms with Crippen molar-refractivity contribution in [3.8, 4) is 11.5 Å². The van der Waals surface area contributed by atoms with E-state index in [4.69, 9.17) is 28.3 Å². The number of ether oxygens (including phenoxy) is 4. The van der Waals surface area contributed by atoms with Crippen molar-refractivity contribution in [1.82, 2.24) is 4.98 Å². The standard InChI is InChI=1S/C35H28N2O8/c1-2-41-35(40)36-23-11-12-24-22(16-31(38)45-29(24)17-23)18-42-34(39)32-25-7-3-4-9-27(25)37-33-21(6-5-8-26(32)33)14-20-10-13-28-30(15-20)44-19-43-28/h3-4,7,9-17H,2,5-6,8,18-19H2,1H3,(H,36,40)/b21-14-. The number of nitrogens with one attached hydrogen (secondary N) is 1. The van der Waals surface area contributed by atoms with Gasteiger partial charge in [-0.05, 0) is 79.3 Å². The van der Waals surface area contributed by atoms with Crippen LogP contribution in [0.4, 0.5) is 10.5 Å². The molecule has 226 valence electrons. The summed E-state index contributed by atoms with van der Waals surface area (Å²) >= 11 is 0. The van der Waals surface area contributed by atoms with Crippen LogP contribution in [-0.4, -0.2) is 30.4 Å². The average molecular weight is 605 g/mol. The van der Waals surface area contributed by atoms with Crippen molar-refractivity contribution < 1.29 is 33.0 Å². The fourth-order valence-electron chi connectivity index (χ4n) is 5.84. The predicted octanol–water partition coefficient (Wildman–Crippen LogP) is 6.87. The molecule has 0 radical (unpaired) electrons. The zero-order valence-corrected chi connectivity index (χ0v) is 24.4. The number of hydrogen-bond donors (Lipinski definition) is 1. The zero-order valence-electron chi connectivity index (χ0n) is 24.4. The Morgan fingerprint density at radius 1 is 0.956 bits per heavy atom. The Labute approximate surface area is 257 Å². The highest BCUT2D eigenvalue weighted by Crippen LogP contribution is 2.38. The summed E-state index contributed by atoms with van der Waals surface area (Å²) < 4.78 is 27.2. The number of pyridine rings is 1. The molecule has 0 atom stereocenters. The Morgan fingerprint density at radius 2 is 1.82 bits per heavy atom. The summed E-state index contributed by atoms with van der Waals surface area (Å²) in [5.41, 5.74) is 5.27. The summed E-state index contributed by atoms with van der Waals surface area (Å²) in [6.45, 7) is 1.97. The molecule has 7 rings (SSSR count). The number of esters is 1. The van der Waals surface area contributed by atoms with E-state index in [1.807, 2.05) is 42.5 Å². The molecule has 5 aromatic rings. The van der Waals surface area contributed by atoms with Gasteiger partial charge in [-0.3, -0.25) is 5.32 Å². The first kappa shape index (κ1) is 28.1. The van der Waals surface area contributed by atoms with Crippen LogP contribution in [0.3, 0.4) is 0 Å². The van der Waals surface area contributed by atoms with E-state index in [-0.39, 0.29) is 25.6 Å². The highest BCUT2D eigenvalue weighted by molar-refractivity contribution is 6.06. The molecule has 0 bridgehead atoms. The Bertz CT molecular complexity index is 2080. The lowest BCUT2D eigenvalue weighted by Gasteiger charge is -2.22. The Kier molecular flexibility index (Phi) is 7.38.